The summed E-state index contributed by atoms with van der Waals surface area (Å²) in [5.74, 6) is 0.0352. The molecule has 0 aromatic heterocycles. The van der Waals surface area contributed by atoms with E-state index in [1.54, 1.807) is 6.07 Å². The maximum Gasteiger partial charge on any atom is 0.573 e. The second-order valence-electron chi connectivity index (χ2n) is 4.02. The first-order valence-electron chi connectivity index (χ1n) is 4.92. The van der Waals surface area contributed by atoms with E-state index in [1.807, 2.05) is 13.8 Å². The fourth-order valence-electron chi connectivity index (χ4n) is 1.39. The SMILES string of the molecule is CC(C)Cc1ccc(N)c(OC(F)(F)F)c1. The van der Waals surface area contributed by atoms with Crippen LogP contribution in [0.25, 0.3) is 0 Å². The number of hydrogen-bond acceptors (Lipinski definition) is 2. The van der Waals surface area contributed by atoms with Crippen molar-refractivity contribution in [2.24, 2.45) is 5.92 Å². The van der Waals surface area contributed by atoms with E-state index in [0.29, 0.717) is 12.3 Å². The minimum Gasteiger partial charge on any atom is -0.404 e. The fraction of sp³-hybridized carbons (Fsp3) is 0.455. The van der Waals surface area contributed by atoms with Crippen LogP contribution < -0.4 is 10.5 Å². The molecule has 2 N–H and O–H groups in total. The summed E-state index contributed by atoms with van der Waals surface area (Å²) in [6.07, 6.45) is -4.01. The van der Waals surface area contributed by atoms with Gasteiger partial charge in [-0.2, -0.15) is 0 Å². The lowest BCUT2D eigenvalue weighted by molar-refractivity contribution is -0.274. The molecule has 0 aliphatic heterocycles. The van der Waals surface area contributed by atoms with Crippen LogP contribution in [0, 0.1) is 5.92 Å². The number of hydrogen-bond donors (Lipinski definition) is 1. The van der Waals surface area contributed by atoms with Crippen molar-refractivity contribution in [1.29, 1.82) is 0 Å². The van der Waals surface area contributed by atoms with Crippen LogP contribution in [0.4, 0.5) is 18.9 Å². The summed E-state index contributed by atoms with van der Waals surface area (Å²) in [6.45, 7) is 3.97. The predicted molar refractivity (Wildman–Crippen MR) is 56.1 cm³/mol. The van der Waals surface area contributed by atoms with Gasteiger partial charge in [-0.05, 0) is 30.0 Å². The highest BCUT2D eigenvalue weighted by molar-refractivity contribution is 5.54. The number of anilines is 1. The number of rotatable bonds is 3. The summed E-state index contributed by atoms with van der Waals surface area (Å²) in [6, 6.07) is 4.47. The monoisotopic (exact) mass is 233 g/mol. The van der Waals surface area contributed by atoms with Gasteiger partial charge in [0.05, 0.1) is 5.69 Å². The number of nitrogen functional groups attached to an aromatic ring is 1. The summed E-state index contributed by atoms with van der Waals surface area (Å²) in [5.41, 5.74) is 6.17. The zero-order valence-electron chi connectivity index (χ0n) is 9.14. The van der Waals surface area contributed by atoms with Crippen LogP contribution in [0.2, 0.25) is 0 Å². The Labute approximate surface area is 92.2 Å². The van der Waals surface area contributed by atoms with Crippen LogP contribution in [-0.4, -0.2) is 6.36 Å². The zero-order valence-corrected chi connectivity index (χ0v) is 9.14. The van der Waals surface area contributed by atoms with Gasteiger partial charge in [0.2, 0.25) is 0 Å². The minimum absolute atomic E-state index is 0.00942. The van der Waals surface area contributed by atoms with Gasteiger partial charge < -0.3 is 10.5 Å². The largest absolute Gasteiger partial charge is 0.573 e. The summed E-state index contributed by atoms with van der Waals surface area (Å²) < 4.78 is 39.9. The molecular weight excluding hydrogens is 219 g/mol. The Morgan fingerprint density at radius 2 is 1.94 bits per heavy atom. The second kappa shape index (κ2) is 4.63. The topological polar surface area (TPSA) is 35.2 Å². The highest BCUT2D eigenvalue weighted by Gasteiger charge is 2.32. The summed E-state index contributed by atoms with van der Waals surface area (Å²) >= 11 is 0. The van der Waals surface area contributed by atoms with Crippen LogP contribution in [0.3, 0.4) is 0 Å². The molecular formula is C11H14F3NO. The molecule has 0 aliphatic rings. The number of ether oxygens (including phenoxy) is 1. The highest BCUT2D eigenvalue weighted by atomic mass is 19.4. The van der Waals surface area contributed by atoms with Crippen molar-refractivity contribution in [2.75, 3.05) is 5.73 Å². The molecule has 0 atom stereocenters. The van der Waals surface area contributed by atoms with Gasteiger partial charge in [-0.15, -0.1) is 13.2 Å². The van der Waals surface area contributed by atoms with Crippen molar-refractivity contribution in [1.82, 2.24) is 0 Å². The fourth-order valence-corrected chi connectivity index (χ4v) is 1.39. The van der Waals surface area contributed by atoms with E-state index in [-0.39, 0.29) is 11.4 Å². The summed E-state index contributed by atoms with van der Waals surface area (Å²) in [5, 5.41) is 0. The van der Waals surface area contributed by atoms with Crippen molar-refractivity contribution in [2.45, 2.75) is 26.6 Å². The number of nitrogens with two attached hydrogens (primary N) is 1. The van der Waals surface area contributed by atoms with Crippen LogP contribution in [-0.2, 0) is 6.42 Å². The Bertz CT molecular complexity index is 361. The van der Waals surface area contributed by atoms with E-state index < -0.39 is 6.36 Å². The molecule has 0 fully saturated rings. The maximum absolute atomic E-state index is 12.0. The molecule has 0 saturated carbocycles. The Balaban J connectivity index is 2.90. The standard InChI is InChI=1S/C11H14F3NO/c1-7(2)5-8-3-4-9(15)10(6-8)16-11(12,13)14/h3-4,6-7H,5,15H2,1-2H3. The van der Waals surface area contributed by atoms with Gasteiger partial charge in [0, 0.05) is 0 Å². The Morgan fingerprint density at radius 3 is 2.44 bits per heavy atom. The van der Waals surface area contributed by atoms with Gasteiger partial charge in [-0.1, -0.05) is 19.9 Å². The van der Waals surface area contributed by atoms with Crippen molar-refractivity contribution >= 4 is 5.69 Å². The number of halogens is 3. The molecule has 0 heterocycles. The van der Waals surface area contributed by atoms with Crippen molar-refractivity contribution in [3.05, 3.63) is 23.8 Å². The lowest BCUT2D eigenvalue weighted by Crippen LogP contribution is -2.18. The molecule has 2 nitrogen and oxygen atoms in total. The van der Waals surface area contributed by atoms with E-state index in [9.17, 15) is 13.2 Å². The Kier molecular flexibility index (Phi) is 3.67. The first-order chi connectivity index (χ1) is 7.28. The molecule has 0 amide bonds. The number of benzene rings is 1. The van der Waals surface area contributed by atoms with Crippen LogP contribution in [0.5, 0.6) is 5.75 Å². The number of alkyl halides is 3. The first kappa shape index (κ1) is 12.7. The lowest BCUT2D eigenvalue weighted by Gasteiger charge is -2.13. The van der Waals surface area contributed by atoms with E-state index in [4.69, 9.17) is 5.73 Å². The molecule has 1 aromatic rings. The second-order valence-corrected chi connectivity index (χ2v) is 4.02. The molecule has 0 saturated heterocycles. The van der Waals surface area contributed by atoms with Crippen molar-refractivity contribution in [3.8, 4) is 5.75 Å². The average molecular weight is 233 g/mol. The third-order valence-electron chi connectivity index (χ3n) is 1.95. The molecule has 5 heteroatoms. The minimum atomic E-state index is -4.70. The van der Waals surface area contributed by atoms with Crippen LogP contribution in [0.15, 0.2) is 18.2 Å². The van der Waals surface area contributed by atoms with E-state index in [2.05, 4.69) is 4.74 Å². The third kappa shape index (κ3) is 4.00. The normalized spacial score (nSPS) is 11.9. The average Bonchev–Trinajstić information content (AvgIpc) is 2.07. The van der Waals surface area contributed by atoms with Gasteiger partial charge in [0.15, 0.2) is 5.75 Å². The Hall–Kier alpha value is -1.39. The summed E-state index contributed by atoms with van der Waals surface area (Å²) in [7, 11) is 0. The van der Waals surface area contributed by atoms with E-state index in [0.717, 1.165) is 5.56 Å². The van der Waals surface area contributed by atoms with Crippen LogP contribution >= 0.6 is 0 Å². The van der Waals surface area contributed by atoms with Crippen LogP contribution in [0.1, 0.15) is 19.4 Å². The predicted octanol–water partition coefficient (Wildman–Crippen LogP) is 3.37. The zero-order chi connectivity index (χ0) is 12.3. The molecule has 0 aliphatic carbocycles. The third-order valence-corrected chi connectivity index (χ3v) is 1.95. The summed E-state index contributed by atoms with van der Waals surface area (Å²) in [4.78, 5) is 0. The molecule has 90 valence electrons. The smallest absolute Gasteiger partial charge is 0.404 e. The van der Waals surface area contributed by atoms with Crippen molar-refractivity contribution < 1.29 is 17.9 Å². The highest BCUT2D eigenvalue weighted by Crippen LogP contribution is 2.29. The van der Waals surface area contributed by atoms with Crippen molar-refractivity contribution in [3.63, 3.8) is 0 Å². The molecule has 1 aromatic carbocycles. The Morgan fingerprint density at radius 1 is 1.31 bits per heavy atom. The lowest BCUT2D eigenvalue weighted by atomic mass is 10.0. The molecule has 1 rings (SSSR count). The molecule has 0 radical (unpaired) electrons. The first-order valence-corrected chi connectivity index (χ1v) is 4.92. The van der Waals surface area contributed by atoms with E-state index >= 15 is 0 Å². The van der Waals surface area contributed by atoms with Gasteiger partial charge >= 0.3 is 6.36 Å². The van der Waals surface area contributed by atoms with Gasteiger partial charge in [0.25, 0.3) is 0 Å². The van der Waals surface area contributed by atoms with Gasteiger partial charge in [-0.3, -0.25) is 0 Å². The molecule has 16 heavy (non-hydrogen) atoms. The van der Waals surface area contributed by atoms with E-state index in [1.165, 1.54) is 12.1 Å². The molecule has 0 spiro atoms. The van der Waals surface area contributed by atoms with Gasteiger partial charge in [0.1, 0.15) is 0 Å². The molecule has 0 bridgehead atoms. The molecule has 0 unspecified atom stereocenters. The van der Waals surface area contributed by atoms with Gasteiger partial charge in [-0.25, -0.2) is 0 Å². The quantitative estimate of drug-likeness (QED) is 0.812. The maximum atomic E-state index is 12.0.